The van der Waals surface area contributed by atoms with Crippen LogP contribution in [0.4, 0.5) is 0 Å². The fourth-order valence-corrected chi connectivity index (χ4v) is 4.60. The minimum atomic E-state index is -0.276. The van der Waals surface area contributed by atoms with Crippen LogP contribution in [0.1, 0.15) is 43.5 Å². The van der Waals surface area contributed by atoms with E-state index >= 15 is 0 Å². The minimum absolute atomic E-state index is 0.00739. The van der Waals surface area contributed by atoms with Gasteiger partial charge >= 0.3 is 0 Å². The second-order valence-corrected chi connectivity index (χ2v) is 9.10. The number of benzene rings is 2. The second-order valence-electron chi connectivity index (χ2n) is 9.10. The summed E-state index contributed by atoms with van der Waals surface area (Å²) in [5.41, 5.74) is 3.31. The summed E-state index contributed by atoms with van der Waals surface area (Å²) in [4.78, 5) is 17.0. The molecule has 1 aliphatic rings. The van der Waals surface area contributed by atoms with Crippen molar-refractivity contribution in [2.45, 2.75) is 57.6 Å². The number of unbranched alkanes of at least 4 members (excludes halogenated alkanes) is 1. The molecule has 1 N–H and O–H groups in total. The predicted octanol–water partition coefficient (Wildman–Crippen LogP) is 4.86. The third-order valence-electron chi connectivity index (χ3n) is 6.47. The van der Waals surface area contributed by atoms with Crippen LogP contribution in [-0.4, -0.2) is 48.4 Å². The van der Waals surface area contributed by atoms with Gasteiger partial charge in [0.2, 0.25) is 5.91 Å². The van der Waals surface area contributed by atoms with Crippen LogP contribution < -0.4 is 14.8 Å². The molecule has 2 heterocycles. The maximum absolute atomic E-state index is 12.2. The third-order valence-corrected chi connectivity index (χ3v) is 6.47. The standard InChI is InChI=1S/C29H37N3O4/c1-3-10-22-15-16-25(27(21-22)34-2)35-19-7-6-18-32-24-12-5-4-11-23(24)31-28(32)14-8-17-30-29(33)26-13-9-20-36-26/h3-5,11-12,15-16,21,26H,1,6-10,13-14,17-20H2,2H3,(H,30,33). The summed E-state index contributed by atoms with van der Waals surface area (Å²) in [5.74, 6) is 2.59. The van der Waals surface area contributed by atoms with E-state index in [1.807, 2.05) is 30.3 Å². The zero-order valence-corrected chi connectivity index (χ0v) is 21.2. The van der Waals surface area contributed by atoms with Gasteiger partial charge in [0.05, 0.1) is 24.8 Å². The average molecular weight is 492 g/mol. The number of imidazole rings is 1. The number of aromatic nitrogens is 2. The van der Waals surface area contributed by atoms with Crippen LogP contribution in [0, 0.1) is 0 Å². The molecule has 2 aromatic carbocycles. The number of hydrogen-bond donors (Lipinski definition) is 1. The molecule has 1 amide bonds. The largest absolute Gasteiger partial charge is 0.493 e. The first-order chi connectivity index (χ1) is 17.7. The Labute approximate surface area is 213 Å². The van der Waals surface area contributed by atoms with E-state index in [0.29, 0.717) is 19.8 Å². The number of aryl methyl sites for hydroxylation is 2. The van der Waals surface area contributed by atoms with Crippen molar-refractivity contribution in [1.82, 2.24) is 14.9 Å². The van der Waals surface area contributed by atoms with Crippen LogP contribution in [0.25, 0.3) is 11.0 Å². The molecule has 1 saturated heterocycles. The Bertz CT molecular complexity index is 1150. The Balaban J connectivity index is 1.28. The summed E-state index contributed by atoms with van der Waals surface area (Å²) in [6, 6.07) is 14.3. The molecule has 1 aliphatic heterocycles. The summed E-state index contributed by atoms with van der Waals surface area (Å²) in [7, 11) is 1.67. The molecule has 3 aromatic rings. The van der Waals surface area contributed by atoms with Gasteiger partial charge in [0.1, 0.15) is 11.9 Å². The molecular weight excluding hydrogens is 454 g/mol. The Morgan fingerprint density at radius 1 is 1.22 bits per heavy atom. The number of nitrogens with zero attached hydrogens (tertiary/aromatic N) is 2. The quantitative estimate of drug-likeness (QED) is 0.258. The molecule has 7 heteroatoms. The van der Waals surface area contributed by atoms with Gasteiger partial charge in [0.15, 0.2) is 11.5 Å². The van der Waals surface area contributed by atoms with Crippen LogP contribution in [-0.2, 0) is 28.9 Å². The van der Waals surface area contributed by atoms with Gasteiger partial charge in [0.25, 0.3) is 0 Å². The number of amides is 1. The van der Waals surface area contributed by atoms with Crippen LogP contribution >= 0.6 is 0 Å². The summed E-state index contributed by atoms with van der Waals surface area (Å²) in [6.07, 6.45) is 7.73. The van der Waals surface area contributed by atoms with Crippen LogP contribution in [0.2, 0.25) is 0 Å². The van der Waals surface area contributed by atoms with Gasteiger partial charge in [-0.2, -0.15) is 0 Å². The smallest absolute Gasteiger partial charge is 0.249 e. The first-order valence-corrected chi connectivity index (χ1v) is 12.9. The van der Waals surface area contributed by atoms with E-state index < -0.39 is 0 Å². The highest BCUT2D eigenvalue weighted by Crippen LogP contribution is 2.28. The van der Waals surface area contributed by atoms with E-state index in [-0.39, 0.29) is 12.0 Å². The van der Waals surface area contributed by atoms with Crippen molar-refractivity contribution in [3.05, 3.63) is 66.5 Å². The van der Waals surface area contributed by atoms with Crippen molar-refractivity contribution >= 4 is 16.9 Å². The minimum Gasteiger partial charge on any atom is -0.493 e. The Morgan fingerprint density at radius 3 is 2.92 bits per heavy atom. The first-order valence-electron chi connectivity index (χ1n) is 12.9. The molecule has 36 heavy (non-hydrogen) atoms. The maximum Gasteiger partial charge on any atom is 0.249 e. The molecule has 192 valence electrons. The van der Waals surface area contributed by atoms with Gasteiger partial charge in [-0.05, 0) is 68.4 Å². The average Bonchev–Trinajstić information content (AvgIpc) is 3.56. The number of hydrogen-bond acceptors (Lipinski definition) is 5. The first kappa shape index (κ1) is 25.8. The van der Waals surface area contributed by atoms with Crippen molar-refractivity contribution in [1.29, 1.82) is 0 Å². The van der Waals surface area contributed by atoms with Gasteiger partial charge in [0, 0.05) is 26.1 Å². The summed E-state index contributed by atoms with van der Waals surface area (Å²) < 4.78 is 19.3. The Kier molecular flexibility index (Phi) is 9.39. The molecule has 1 fully saturated rings. The number of carbonyl (C=O) groups is 1. The van der Waals surface area contributed by atoms with Gasteiger partial charge in [-0.1, -0.05) is 24.3 Å². The molecule has 4 rings (SSSR count). The lowest BCUT2D eigenvalue weighted by Crippen LogP contribution is -2.34. The highest BCUT2D eigenvalue weighted by Gasteiger charge is 2.23. The fraction of sp³-hybridized carbons (Fsp3) is 0.448. The van der Waals surface area contributed by atoms with Crippen molar-refractivity contribution in [3.63, 3.8) is 0 Å². The molecule has 0 radical (unpaired) electrons. The lowest BCUT2D eigenvalue weighted by atomic mass is 10.1. The van der Waals surface area contributed by atoms with E-state index in [1.54, 1.807) is 7.11 Å². The van der Waals surface area contributed by atoms with Gasteiger partial charge in [-0.3, -0.25) is 4.79 Å². The lowest BCUT2D eigenvalue weighted by Gasteiger charge is -2.13. The normalized spacial score (nSPS) is 15.2. The molecule has 1 atom stereocenters. The number of carbonyl (C=O) groups excluding carboxylic acids is 1. The number of rotatable bonds is 14. The number of nitrogens with one attached hydrogen (secondary N) is 1. The maximum atomic E-state index is 12.2. The Hall–Kier alpha value is -3.32. The molecule has 0 spiro atoms. The number of ether oxygens (including phenoxy) is 3. The van der Waals surface area contributed by atoms with Crippen molar-refractivity contribution < 1.29 is 19.0 Å². The Morgan fingerprint density at radius 2 is 2.11 bits per heavy atom. The topological polar surface area (TPSA) is 74.6 Å². The highest BCUT2D eigenvalue weighted by atomic mass is 16.5. The third kappa shape index (κ3) is 6.66. The van der Waals surface area contributed by atoms with Gasteiger partial charge in [-0.25, -0.2) is 4.98 Å². The summed E-state index contributed by atoms with van der Waals surface area (Å²) in [6.45, 7) is 6.60. The highest BCUT2D eigenvalue weighted by molar-refractivity contribution is 5.80. The van der Waals surface area contributed by atoms with Crippen LogP contribution in [0.5, 0.6) is 11.5 Å². The number of fused-ring (bicyclic) bond motifs is 1. The predicted molar refractivity (Wildman–Crippen MR) is 142 cm³/mol. The van der Waals surface area contributed by atoms with Crippen molar-refractivity contribution in [2.75, 3.05) is 26.9 Å². The van der Waals surface area contributed by atoms with Gasteiger partial charge in [-0.15, -0.1) is 6.58 Å². The second kappa shape index (κ2) is 13.1. The molecule has 1 aromatic heterocycles. The molecule has 0 bridgehead atoms. The molecule has 0 saturated carbocycles. The fourth-order valence-electron chi connectivity index (χ4n) is 4.60. The van der Waals surface area contributed by atoms with Crippen molar-refractivity contribution in [2.24, 2.45) is 0 Å². The zero-order chi connectivity index (χ0) is 25.2. The molecule has 7 nitrogen and oxygen atoms in total. The summed E-state index contributed by atoms with van der Waals surface area (Å²) >= 11 is 0. The molecule has 1 unspecified atom stereocenters. The van der Waals surface area contributed by atoms with E-state index in [9.17, 15) is 4.79 Å². The monoisotopic (exact) mass is 491 g/mol. The van der Waals surface area contributed by atoms with E-state index in [1.165, 1.54) is 0 Å². The van der Waals surface area contributed by atoms with E-state index in [2.05, 4.69) is 34.7 Å². The van der Waals surface area contributed by atoms with E-state index in [4.69, 9.17) is 19.2 Å². The molecular formula is C29H37N3O4. The number of methoxy groups -OCH3 is 1. The molecule has 0 aliphatic carbocycles. The van der Waals surface area contributed by atoms with Crippen LogP contribution in [0.3, 0.4) is 0 Å². The lowest BCUT2D eigenvalue weighted by molar-refractivity contribution is -0.130. The van der Waals surface area contributed by atoms with Crippen LogP contribution in [0.15, 0.2) is 55.1 Å². The zero-order valence-electron chi connectivity index (χ0n) is 21.2. The number of para-hydroxylation sites is 2. The number of allylic oxidation sites excluding steroid dienone is 1. The van der Waals surface area contributed by atoms with E-state index in [0.717, 1.165) is 85.4 Å². The van der Waals surface area contributed by atoms with Crippen molar-refractivity contribution in [3.8, 4) is 11.5 Å². The summed E-state index contributed by atoms with van der Waals surface area (Å²) in [5, 5.41) is 3.01. The van der Waals surface area contributed by atoms with Gasteiger partial charge < -0.3 is 24.1 Å². The SMILES string of the molecule is C=CCc1ccc(OCCCCn2c(CCCNC(=O)C3CCCO3)nc3ccccc32)c(OC)c1.